The summed E-state index contributed by atoms with van der Waals surface area (Å²) in [5.74, 6) is 0. The van der Waals surface area contributed by atoms with E-state index in [-0.39, 0.29) is 0 Å². The highest BCUT2D eigenvalue weighted by molar-refractivity contribution is 8.24. The summed E-state index contributed by atoms with van der Waals surface area (Å²) < 4.78 is -0.0604. The predicted molar refractivity (Wildman–Crippen MR) is 118 cm³/mol. The topological polar surface area (TPSA) is 68.2 Å². The van der Waals surface area contributed by atoms with Gasteiger partial charge in [-0.3, -0.25) is 5.21 Å². The van der Waals surface area contributed by atoms with Gasteiger partial charge in [-0.1, -0.05) is 72.0 Å². The van der Waals surface area contributed by atoms with Crippen molar-refractivity contribution in [3.05, 3.63) is 65.7 Å². The molecule has 1 aliphatic rings. The minimum atomic E-state index is -0.754. The number of amides is 2. The van der Waals surface area contributed by atoms with Crippen LogP contribution in [0.5, 0.6) is 0 Å². The average Bonchev–Trinajstić information content (AvgIpc) is 2.89. The van der Waals surface area contributed by atoms with Gasteiger partial charge in [-0.15, -0.1) is 0 Å². The van der Waals surface area contributed by atoms with Crippen LogP contribution in [-0.2, 0) is 0 Å². The van der Waals surface area contributed by atoms with Crippen molar-refractivity contribution in [2.45, 2.75) is 31.7 Å². The number of rotatable bonds is 4. The Morgan fingerprint density at radius 3 is 2.54 bits per heavy atom. The largest absolute Gasteiger partial charge is 0.347 e. The zero-order chi connectivity index (χ0) is 20.3. The minimum absolute atomic E-state index is 0.491. The highest BCUT2D eigenvalue weighted by Crippen LogP contribution is 2.42. The van der Waals surface area contributed by atoms with E-state index in [1.54, 1.807) is 30.5 Å². The summed E-state index contributed by atoms with van der Waals surface area (Å²) in [6.07, 6.45) is 0.916. The number of benzene rings is 2. The summed E-state index contributed by atoms with van der Waals surface area (Å²) in [7, 11) is 0. The Morgan fingerprint density at radius 1 is 1.25 bits per heavy atom. The van der Waals surface area contributed by atoms with Gasteiger partial charge in [-0.2, -0.15) is 10.2 Å². The SMILES string of the molecule is Cc1ccc(/C=N\N2C(=S)SC(C)(C)[C@@H]2N(O)C(=O)Nc2ccccc2)cc1. The molecule has 1 atom stereocenters. The molecule has 1 heterocycles. The molecule has 0 spiro atoms. The van der Waals surface area contributed by atoms with Crippen LogP contribution >= 0.6 is 24.0 Å². The number of carbonyl (C=O) groups is 1. The molecule has 1 aliphatic heterocycles. The van der Waals surface area contributed by atoms with Crippen molar-refractivity contribution in [1.29, 1.82) is 0 Å². The average molecular weight is 415 g/mol. The molecule has 0 saturated carbocycles. The molecule has 3 rings (SSSR count). The van der Waals surface area contributed by atoms with Crippen LogP contribution in [0.3, 0.4) is 0 Å². The van der Waals surface area contributed by atoms with E-state index in [2.05, 4.69) is 10.4 Å². The fraction of sp³-hybridized carbons (Fsp3) is 0.250. The third kappa shape index (κ3) is 4.52. The first-order valence-corrected chi connectivity index (χ1v) is 9.97. The third-order valence-corrected chi connectivity index (χ3v) is 5.80. The van der Waals surface area contributed by atoms with Crippen LogP contribution in [0.15, 0.2) is 59.7 Å². The molecule has 1 saturated heterocycles. The van der Waals surface area contributed by atoms with E-state index in [1.165, 1.54) is 16.8 Å². The lowest BCUT2D eigenvalue weighted by molar-refractivity contribution is -0.114. The molecule has 146 valence electrons. The summed E-state index contributed by atoms with van der Waals surface area (Å²) in [6, 6.07) is 16.2. The number of hydrazone groups is 1. The van der Waals surface area contributed by atoms with Crippen molar-refractivity contribution in [2.24, 2.45) is 5.10 Å². The van der Waals surface area contributed by atoms with Gasteiger partial charge in [0.2, 0.25) is 0 Å². The van der Waals surface area contributed by atoms with Gasteiger partial charge in [0.05, 0.1) is 11.0 Å². The van der Waals surface area contributed by atoms with E-state index < -0.39 is 16.9 Å². The maximum atomic E-state index is 12.6. The number of aryl methyl sites for hydroxylation is 1. The molecule has 0 unspecified atom stereocenters. The lowest BCUT2D eigenvalue weighted by Crippen LogP contribution is -2.54. The van der Waals surface area contributed by atoms with Crippen LogP contribution in [-0.4, -0.2) is 42.8 Å². The lowest BCUT2D eigenvalue weighted by Gasteiger charge is -2.34. The maximum absolute atomic E-state index is 12.6. The maximum Gasteiger partial charge on any atom is 0.347 e. The molecule has 0 aliphatic carbocycles. The molecule has 6 nitrogen and oxygen atoms in total. The molecule has 2 aromatic carbocycles. The van der Waals surface area contributed by atoms with E-state index >= 15 is 0 Å². The van der Waals surface area contributed by atoms with Crippen LogP contribution in [0.1, 0.15) is 25.0 Å². The number of hydroxylamine groups is 2. The van der Waals surface area contributed by atoms with E-state index in [9.17, 15) is 10.0 Å². The summed E-state index contributed by atoms with van der Waals surface area (Å²) in [5, 5.41) is 20.0. The minimum Gasteiger partial charge on any atom is -0.306 e. The predicted octanol–water partition coefficient (Wildman–Crippen LogP) is 4.69. The molecule has 2 amide bonds. The van der Waals surface area contributed by atoms with Crippen molar-refractivity contribution < 1.29 is 10.0 Å². The number of hydrogen-bond donors (Lipinski definition) is 2. The fourth-order valence-electron chi connectivity index (χ4n) is 2.82. The molecule has 8 heteroatoms. The highest BCUT2D eigenvalue weighted by Gasteiger charge is 2.50. The van der Waals surface area contributed by atoms with Crippen molar-refractivity contribution in [1.82, 2.24) is 10.1 Å². The van der Waals surface area contributed by atoms with Gasteiger partial charge in [0, 0.05) is 5.69 Å². The van der Waals surface area contributed by atoms with Gasteiger partial charge < -0.3 is 5.32 Å². The summed E-state index contributed by atoms with van der Waals surface area (Å²) in [6.45, 7) is 5.84. The van der Waals surface area contributed by atoms with Gasteiger partial charge >= 0.3 is 6.03 Å². The molecule has 2 N–H and O–H groups in total. The van der Waals surface area contributed by atoms with Gasteiger partial charge in [0.15, 0.2) is 10.5 Å². The molecule has 1 fully saturated rings. The smallest absolute Gasteiger partial charge is 0.306 e. The zero-order valence-electron chi connectivity index (χ0n) is 15.9. The first-order valence-electron chi connectivity index (χ1n) is 8.75. The number of thiocarbonyl (C=S) groups is 1. The van der Waals surface area contributed by atoms with Crippen LogP contribution in [0.4, 0.5) is 10.5 Å². The number of anilines is 1. The van der Waals surface area contributed by atoms with Crippen molar-refractivity contribution in [3.63, 3.8) is 0 Å². The lowest BCUT2D eigenvalue weighted by atomic mass is 10.1. The normalized spacial score (nSPS) is 18.5. The molecular formula is C20H22N4O2S2. The van der Waals surface area contributed by atoms with E-state index in [0.29, 0.717) is 15.1 Å². The third-order valence-electron chi connectivity index (χ3n) is 4.26. The fourth-order valence-corrected chi connectivity index (χ4v) is 4.61. The Morgan fingerprint density at radius 2 is 1.89 bits per heavy atom. The Kier molecular flexibility index (Phi) is 6.02. The second-order valence-corrected chi connectivity index (χ2v) is 9.27. The van der Waals surface area contributed by atoms with Gasteiger partial charge in [-0.05, 0) is 38.5 Å². The van der Waals surface area contributed by atoms with E-state index in [0.717, 1.165) is 11.1 Å². The number of nitrogens with one attached hydrogen (secondary N) is 1. The molecule has 0 radical (unpaired) electrons. The Bertz CT molecular complexity index is 885. The summed E-state index contributed by atoms with van der Waals surface area (Å²) in [5.41, 5.74) is 2.65. The number of nitrogens with zero attached hydrogens (tertiary/aromatic N) is 3. The summed E-state index contributed by atoms with van der Waals surface area (Å²) in [4.78, 5) is 12.6. The van der Waals surface area contributed by atoms with Crippen molar-refractivity contribution in [2.75, 3.05) is 5.32 Å². The first-order chi connectivity index (χ1) is 13.3. The van der Waals surface area contributed by atoms with E-state index in [4.69, 9.17) is 12.2 Å². The quantitative estimate of drug-likeness (QED) is 0.329. The number of hydrogen-bond acceptors (Lipinski definition) is 5. The first kappa shape index (κ1) is 20.3. The number of carbonyl (C=O) groups excluding carboxylic acids is 1. The molecule has 0 bridgehead atoms. The Balaban J connectivity index is 1.81. The monoisotopic (exact) mass is 414 g/mol. The van der Waals surface area contributed by atoms with Crippen LogP contribution < -0.4 is 5.32 Å². The van der Waals surface area contributed by atoms with Gasteiger partial charge in [0.25, 0.3) is 0 Å². The Hall–Kier alpha value is -2.42. The zero-order valence-corrected chi connectivity index (χ0v) is 17.5. The van der Waals surface area contributed by atoms with Crippen molar-refractivity contribution in [3.8, 4) is 0 Å². The molecule has 28 heavy (non-hydrogen) atoms. The second kappa shape index (κ2) is 8.30. The van der Waals surface area contributed by atoms with Crippen LogP contribution in [0.2, 0.25) is 0 Å². The number of para-hydroxylation sites is 1. The van der Waals surface area contributed by atoms with Crippen LogP contribution in [0, 0.1) is 6.92 Å². The van der Waals surface area contributed by atoms with E-state index in [1.807, 2.05) is 51.1 Å². The second-order valence-electron chi connectivity index (χ2n) is 6.99. The van der Waals surface area contributed by atoms with Crippen LogP contribution in [0.25, 0.3) is 0 Å². The molecule has 2 aromatic rings. The van der Waals surface area contributed by atoms with Gasteiger partial charge in [-0.25, -0.2) is 9.80 Å². The van der Waals surface area contributed by atoms with Crippen molar-refractivity contribution >= 4 is 46.2 Å². The summed E-state index contributed by atoms with van der Waals surface area (Å²) >= 11 is 6.83. The molecule has 0 aromatic heterocycles. The Labute approximate surface area is 174 Å². The standard InChI is InChI=1S/C20H22N4O2S2/c1-14-9-11-15(12-10-14)13-21-23-17(20(2,3)28-19(23)27)24(26)18(25)22-16-7-5-4-6-8-16/h4-13,17,26H,1-3H3,(H,22,25)/b21-13-/t17-/m0/s1. The van der Waals surface area contributed by atoms with Gasteiger partial charge in [0.1, 0.15) is 0 Å². The molecular weight excluding hydrogens is 392 g/mol. The number of urea groups is 1. The highest BCUT2D eigenvalue weighted by atomic mass is 32.2. The number of thioether (sulfide) groups is 1.